The lowest BCUT2D eigenvalue weighted by atomic mass is 10.2. The van der Waals surface area contributed by atoms with Gasteiger partial charge in [0.2, 0.25) is 0 Å². The van der Waals surface area contributed by atoms with E-state index in [0.717, 1.165) is 17.7 Å². The van der Waals surface area contributed by atoms with Gasteiger partial charge in [0.05, 0.1) is 17.1 Å². The van der Waals surface area contributed by atoms with Crippen LogP contribution in [-0.2, 0) is 11.0 Å². The number of thioether (sulfide) groups is 1. The Kier molecular flexibility index (Phi) is 5.33. The molecule has 0 radical (unpaired) electrons. The summed E-state index contributed by atoms with van der Waals surface area (Å²) < 4.78 is 38.7. The zero-order chi connectivity index (χ0) is 18.7. The van der Waals surface area contributed by atoms with E-state index in [4.69, 9.17) is 12.2 Å². The third-order valence-electron chi connectivity index (χ3n) is 3.60. The molecule has 1 N–H and O–H groups in total. The number of benzene rings is 2. The predicted molar refractivity (Wildman–Crippen MR) is 101 cm³/mol. The highest BCUT2D eigenvalue weighted by Crippen LogP contribution is 2.33. The third kappa shape index (κ3) is 4.25. The van der Waals surface area contributed by atoms with E-state index in [9.17, 15) is 18.0 Å². The standard InChI is InChI=1S/C18H13F3N2OS2/c19-18(20,21)13-7-4-8-14(10-13)22-11-23-16(24)15(26-17(23)25)9-12-5-2-1-3-6-12/h1-10,22H,11H2/b15-9-. The number of amides is 1. The maximum atomic E-state index is 12.8. The molecule has 0 aliphatic carbocycles. The first-order valence-electron chi connectivity index (χ1n) is 7.56. The van der Waals surface area contributed by atoms with Gasteiger partial charge in [0, 0.05) is 5.69 Å². The van der Waals surface area contributed by atoms with Crippen molar-refractivity contribution in [3.8, 4) is 0 Å². The number of hydrogen-bond acceptors (Lipinski definition) is 4. The van der Waals surface area contributed by atoms with Crippen molar-refractivity contribution in [1.29, 1.82) is 0 Å². The van der Waals surface area contributed by atoms with Crippen molar-refractivity contribution in [2.24, 2.45) is 0 Å². The van der Waals surface area contributed by atoms with Crippen molar-refractivity contribution in [1.82, 2.24) is 4.90 Å². The van der Waals surface area contributed by atoms with Crippen LogP contribution in [0.3, 0.4) is 0 Å². The molecular weight excluding hydrogens is 381 g/mol. The monoisotopic (exact) mass is 394 g/mol. The average molecular weight is 394 g/mol. The van der Waals surface area contributed by atoms with E-state index in [-0.39, 0.29) is 18.3 Å². The normalized spacial score (nSPS) is 16.4. The van der Waals surface area contributed by atoms with Gasteiger partial charge in [0.1, 0.15) is 4.32 Å². The van der Waals surface area contributed by atoms with Crippen molar-refractivity contribution < 1.29 is 18.0 Å². The van der Waals surface area contributed by atoms with Gasteiger partial charge in [-0.1, -0.05) is 60.4 Å². The van der Waals surface area contributed by atoms with Crippen molar-refractivity contribution >= 4 is 46.0 Å². The topological polar surface area (TPSA) is 32.3 Å². The van der Waals surface area contributed by atoms with Gasteiger partial charge < -0.3 is 5.32 Å². The Balaban J connectivity index is 1.70. The molecule has 134 valence electrons. The molecule has 0 aromatic heterocycles. The van der Waals surface area contributed by atoms with Gasteiger partial charge in [-0.2, -0.15) is 13.2 Å². The Labute approximate surface area is 157 Å². The van der Waals surface area contributed by atoms with Crippen molar-refractivity contribution in [2.45, 2.75) is 6.18 Å². The van der Waals surface area contributed by atoms with Gasteiger partial charge >= 0.3 is 6.18 Å². The Hall–Kier alpha value is -2.32. The van der Waals surface area contributed by atoms with E-state index >= 15 is 0 Å². The predicted octanol–water partition coefficient (Wildman–Crippen LogP) is 4.98. The molecule has 2 aromatic rings. The number of rotatable bonds is 4. The summed E-state index contributed by atoms with van der Waals surface area (Å²) in [4.78, 5) is 14.3. The van der Waals surface area contributed by atoms with Crippen LogP contribution in [0.2, 0.25) is 0 Å². The van der Waals surface area contributed by atoms with Gasteiger partial charge in [0.15, 0.2) is 0 Å². The van der Waals surface area contributed by atoms with Gasteiger partial charge in [-0.15, -0.1) is 0 Å². The number of nitrogens with zero attached hydrogens (tertiary/aromatic N) is 1. The number of alkyl halides is 3. The maximum Gasteiger partial charge on any atom is 0.416 e. The number of hydrogen-bond donors (Lipinski definition) is 1. The van der Waals surface area contributed by atoms with Crippen LogP contribution in [0.15, 0.2) is 59.5 Å². The van der Waals surface area contributed by atoms with E-state index in [1.807, 2.05) is 30.3 Å². The summed E-state index contributed by atoms with van der Waals surface area (Å²) in [6.07, 6.45) is -2.68. The first-order chi connectivity index (χ1) is 12.3. The molecule has 2 aromatic carbocycles. The summed E-state index contributed by atoms with van der Waals surface area (Å²) in [5, 5.41) is 2.82. The largest absolute Gasteiger partial charge is 0.416 e. The molecule has 26 heavy (non-hydrogen) atoms. The smallest absolute Gasteiger partial charge is 0.367 e. The quantitative estimate of drug-likeness (QED) is 0.586. The summed E-state index contributed by atoms with van der Waals surface area (Å²) >= 11 is 6.39. The highest BCUT2D eigenvalue weighted by atomic mass is 32.2. The molecule has 1 heterocycles. The van der Waals surface area contributed by atoms with Crippen molar-refractivity contribution in [2.75, 3.05) is 12.0 Å². The summed E-state index contributed by atoms with van der Waals surface area (Å²) in [5.74, 6) is -0.275. The highest BCUT2D eigenvalue weighted by molar-refractivity contribution is 8.26. The molecule has 1 amide bonds. The first kappa shape index (κ1) is 18.5. The van der Waals surface area contributed by atoms with Crippen molar-refractivity contribution in [3.63, 3.8) is 0 Å². The fraction of sp³-hybridized carbons (Fsp3) is 0.111. The SMILES string of the molecule is O=C1/C(=C/c2ccccc2)SC(=S)N1CNc1cccc(C(F)(F)F)c1. The molecule has 1 aliphatic heterocycles. The number of thiocarbonyl (C=S) groups is 1. The van der Waals surface area contributed by atoms with Crippen LogP contribution < -0.4 is 5.32 Å². The number of carbonyl (C=O) groups is 1. The van der Waals surface area contributed by atoms with E-state index < -0.39 is 11.7 Å². The lowest BCUT2D eigenvalue weighted by Crippen LogP contribution is -2.33. The molecule has 0 bridgehead atoms. The number of carbonyl (C=O) groups excluding carboxylic acids is 1. The molecule has 1 aliphatic rings. The molecule has 0 unspecified atom stereocenters. The van der Waals surface area contributed by atoms with E-state index in [1.165, 1.54) is 28.8 Å². The summed E-state index contributed by atoms with van der Waals surface area (Å²) in [5.41, 5.74) is 0.386. The number of nitrogens with one attached hydrogen (secondary N) is 1. The minimum absolute atomic E-state index is 0.00188. The summed E-state index contributed by atoms with van der Waals surface area (Å²) in [7, 11) is 0. The summed E-state index contributed by atoms with van der Waals surface area (Å²) in [6.45, 7) is -0.00188. The minimum Gasteiger partial charge on any atom is -0.367 e. The second-order valence-corrected chi connectivity index (χ2v) is 7.11. The van der Waals surface area contributed by atoms with Crippen LogP contribution in [0.4, 0.5) is 18.9 Å². The van der Waals surface area contributed by atoms with Crippen LogP contribution >= 0.6 is 24.0 Å². The first-order valence-corrected chi connectivity index (χ1v) is 8.78. The van der Waals surface area contributed by atoms with Gasteiger partial charge in [-0.25, -0.2) is 0 Å². The Morgan fingerprint density at radius 2 is 1.85 bits per heavy atom. The Morgan fingerprint density at radius 3 is 2.54 bits per heavy atom. The Morgan fingerprint density at radius 1 is 1.12 bits per heavy atom. The van der Waals surface area contributed by atoms with Crippen LogP contribution in [0.5, 0.6) is 0 Å². The fourth-order valence-electron chi connectivity index (χ4n) is 2.31. The fourth-order valence-corrected chi connectivity index (χ4v) is 3.57. The van der Waals surface area contributed by atoms with E-state index in [0.29, 0.717) is 9.23 Å². The molecule has 1 saturated heterocycles. The molecule has 0 spiro atoms. The van der Waals surface area contributed by atoms with Gasteiger partial charge in [-0.3, -0.25) is 9.69 Å². The van der Waals surface area contributed by atoms with E-state index in [2.05, 4.69) is 5.32 Å². The third-order valence-corrected chi connectivity index (χ3v) is 4.98. The average Bonchev–Trinajstić information content (AvgIpc) is 2.87. The van der Waals surface area contributed by atoms with Gasteiger partial charge in [-0.05, 0) is 29.8 Å². The Bertz CT molecular complexity index is 866. The molecule has 3 nitrogen and oxygen atoms in total. The molecule has 0 saturated carbocycles. The lowest BCUT2D eigenvalue weighted by Gasteiger charge is -2.17. The van der Waals surface area contributed by atoms with Gasteiger partial charge in [0.25, 0.3) is 5.91 Å². The van der Waals surface area contributed by atoms with Crippen LogP contribution in [0.1, 0.15) is 11.1 Å². The lowest BCUT2D eigenvalue weighted by molar-refractivity contribution is -0.137. The second-order valence-electron chi connectivity index (χ2n) is 5.43. The zero-order valence-corrected chi connectivity index (χ0v) is 14.9. The second kappa shape index (κ2) is 7.51. The van der Waals surface area contributed by atoms with Crippen LogP contribution in [-0.4, -0.2) is 21.8 Å². The van der Waals surface area contributed by atoms with Crippen LogP contribution in [0.25, 0.3) is 6.08 Å². The molecular formula is C18H13F3N2OS2. The summed E-state index contributed by atoms with van der Waals surface area (Å²) in [6, 6.07) is 14.1. The number of halogens is 3. The highest BCUT2D eigenvalue weighted by Gasteiger charge is 2.32. The molecule has 0 atom stereocenters. The van der Waals surface area contributed by atoms with Crippen molar-refractivity contribution in [3.05, 3.63) is 70.6 Å². The molecule has 8 heteroatoms. The zero-order valence-electron chi connectivity index (χ0n) is 13.3. The van der Waals surface area contributed by atoms with E-state index in [1.54, 1.807) is 6.08 Å². The maximum absolute atomic E-state index is 12.8. The molecule has 1 fully saturated rings. The number of anilines is 1. The molecule has 3 rings (SSSR count). The van der Waals surface area contributed by atoms with Crippen LogP contribution in [0, 0.1) is 0 Å². The minimum atomic E-state index is -4.42.